The molecular formula is C18H14F3N3O2S. The predicted octanol–water partition coefficient (Wildman–Crippen LogP) is 4.79. The predicted molar refractivity (Wildman–Crippen MR) is 95.3 cm³/mol. The van der Waals surface area contributed by atoms with E-state index >= 15 is 0 Å². The molecule has 1 heterocycles. The average Bonchev–Trinajstić information content (AvgIpc) is 3.09. The van der Waals surface area contributed by atoms with Gasteiger partial charge in [0.15, 0.2) is 0 Å². The van der Waals surface area contributed by atoms with Crippen LogP contribution in [0.5, 0.6) is 0 Å². The van der Waals surface area contributed by atoms with Gasteiger partial charge in [0.05, 0.1) is 17.0 Å². The standard InChI is InChI=1S/C18H14F3N3O2S/c1-11-6-8-12(9-7-11)16-23-24-17(26-16)27-10-15(25)22-14-5-3-2-4-13(14)18(19,20)21/h2-9H,10H2,1H3,(H,22,25). The molecule has 0 atom stereocenters. The van der Waals surface area contributed by atoms with Crippen LogP contribution in [0.3, 0.4) is 0 Å². The summed E-state index contributed by atoms with van der Waals surface area (Å²) in [5, 5.41) is 10.2. The Morgan fingerprint density at radius 2 is 1.81 bits per heavy atom. The van der Waals surface area contributed by atoms with Crippen molar-refractivity contribution in [2.75, 3.05) is 11.1 Å². The van der Waals surface area contributed by atoms with Gasteiger partial charge in [-0.3, -0.25) is 4.79 Å². The van der Waals surface area contributed by atoms with Crippen molar-refractivity contribution >= 4 is 23.4 Å². The van der Waals surface area contributed by atoms with Gasteiger partial charge < -0.3 is 9.73 Å². The molecule has 27 heavy (non-hydrogen) atoms. The third-order valence-corrected chi connectivity index (χ3v) is 4.36. The number of aromatic nitrogens is 2. The zero-order chi connectivity index (χ0) is 19.4. The number of anilines is 1. The van der Waals surface area contributed by atoms with Gasteiger partial charge in [0.2, 0.25) is 11.8 Å². The van der Waals surface area contributed by atoms with Gasteiger partial charge in [0.1, 0.15) is 0 Å². The van der Waals surface area contributed by atoms with Gasteiger partial charge in [0.25, 0.3) is 5.22 Å². The molecule has 5 nitrogen and oxygen atoms in total. The summed E-state index contributed by atoms with van der Waals surface area (Å²) in [5.74, 6) is -0.464. The highest BCUT2D eigenvalue weighted by atomic mass is 32.2. The van der Waals surface area contributed by atoms with Gasteiger partial charge in [-0.15, -0.1) is 10.2 Å². The van der Waals surface area contributed by atoms with E-state index in [1.165, 1.54) is 18.2 Å². The van der Waals surface area contributed by atoms with E-state index in [-0.39, 0.29) is 16.7 Å². The quantitative estimate of drug-likeness (QED) is 0.631. The third-order valence-electron chi connectivity index (χ3n) is 3.54. The maximum Gasteiger partial charge on any atom is 0.418 e. The average molecular weight is 393 g/mol. The molecule has 1 aromatic heterocycles. The Hall–Kier alpha value is -2.81. The first-order chi connectivity index (χ1) is 12.8. The first-order valence-corrected chi connectivity index (χ1v) is 8.81. The lowest BCUT2D eigenvalue weighted by Crippen LogP contribution is -2.18. The highest BCUT2D eigenvalue weighted by Gasteiger charge is 2.33. The summed E-state index contributed by atoms with van der Waals surface area (Å²) in [5.41, 5.74) is 0.636. The molecule has 1 N–H and O–H groups in total. The minimum absolute atomic E-state index is 0.157. The Morgan fingerprint density at radius 1 is 1.11 bits per heavy atom. The number of thioether (sulfide) groups is 1. The summed E-state index contributed by atoms with van der Waals surface area (Å²) >= 11 is 0.946. The van der Waals surface area contributed by atoms with Crippen molar-refractivity contribution in [2.24, 2.45) is 0 Å². The van der Waals surface area contributed by atoms with Crippen LogP contribution in [0, 0.1) is 6.92 Å². The number of benzene rings is 2. The number of aryl methyl sites for hydroxylation is 1. The second-order valence-corrected chi connectivity index (χ2v) is 6.55. The van der Waals surface area contributed by atoms with E-state index in [4.69, 9.17) is 4.42 Å². The Kier molecular flexibility index (Phi) is 5.50. The van der Waals surface area contributed by atoms with Gasteiger partial charge >= 0.3 is 6.18 Å². The molecule has 0 fully saturated rings. The van der Waals surface area contributed by atoms with E-state index in [0.29, 0.717) is 5.89 Å². The fraction of sp³-hybridized carbons (Fsp3) is 0.167. The maximum atomic E-state index is 12.9. The Labute approximate surface area is 157 Å². The molecule has 0 spiro atoms. The van der Waals surface area contributed by atoms with Crippen LogP contribution in [0.4, 0.5) is 18.9 Å². The number of amides is 1. The van der Waals surface area contributed by atoms with E-state index in [1.807, 2.05) is 31.2 Å². The molecule has 0 radical (unpaired) electrons. The van der Waals surface area contributed by atoms with Crippen molar-refractivity contribution in [3.8, 4) is 11.5 Å². The largest absolute Gasteiger partial charge is 0.418 e. The monoisotopic (exact) mass is 393 g/mol. The summed E-state index contributed by atoms with van der Waals surface area (Å²) in [6.07, 6.45) is -4.55. The van der Waals surface area contributed by atoms with Gasteiger partial charge in [-0.1, -0.05) is 41.6 Å². The SMILES string of the molecule is Cc1ccc(-c2nnc(SCC(=O)Nc3ccccc3C(F)(F)F)o2)cc1. The molecule has 0 saturated carbocycles. The first-order valence-electron chi connectivity index (χ1n) is 7.82. The van der Waals surface area contributed by atoms with Crippen molar-refractivity contribution < 1.29 is 22.4 Å². The van der Waals surface area contributed by atoms with Crippen LogP contribution in [0.2, 0.25) is 0 Å². The van der Waals surface area contributed by atoms with Crippen molar-refractivity contribution in [3.63, 3.8) is 0 Å². The zero-order valence-electron chi connectivity index (χ0n) is 14.1. The summed E-state index contributed by atoms with van der Waals surface area (Å²) in [6, 6.07) is 12.3. The number of rotatable bonds is 5. The van der Waals surface area contributed by atoms with E-state index in [0.717, 1.165) is 29.0 Å². The molecule has 2 aromatic carbocycles. The van der Waals surface area contributed by atoms with Crippen LogP contribution < -0.4 is 5.32 Å². The second-order valence-electron chi connectivity index (χ2n) is 5.62. The Morgan fingerprint density at radius 3 is 2.52 bits per heavy atom. The van der Waals surface area contributed by atoms with Crippen molar-refractivity contribution in [3.05, 3.63) is 59.7 Å². The van der Waals surface area contributed by atoms with E-state index in [9.17, 15) is 18.0 Å². The number of halogens is 3. The van der Waals surface area contributed by atoms with Crippen LogP contribution >= 0.6 is 11.8 Å². The number of nitrogens with zero attached hydrogens (tertiary/aromatic N) is 2. The first kappa shape index (κ1) is 19.0. The zero-order valence-corrected chi connectivity index (χ0v) is 14.9. The molecule has 9 heteroatoms. The highest BCUT2D eigenvalue weighted by molar-refractivity contribution is 7.99. The Bertz CT molecular complexity index is 940. The van der Waals surface area contributed by atoms with Gasteiger partial charge in [0, 0.05) is 5.56 Å². The summed E-state index contributed by atoms with van der Waals surface area (Å²) in [6.45, 7) is 1.95. The minimum Gasteiger partial charge on any atom is -0.411 e. The minimum atomic E-state index is -4.55. The van der Waals surface area contributed by atoms with Crippen LogP contribution in [0.1, 0.15) is 11.1 Å². The fourth-order valence-electron chi connectivity index (χ4n) is 2.23. The molecule has 140 valence electrons. The lowest BCUT2D eigenvalue weighted by molar-refractivity contribution is -0.137. The van der Waals surface area contributed by atoms with E-state index in [2.05, 4.69) is 15.5 Å². The molecular weight excluding hydrogens is 379 g/mol. The number of alkyl halides is 3. The van der Waals surface area contributed by atoms with Gasteiger partial charge in [-0.2, -0.15) is 13.2 Å². The van der Waals surface area contributed by atoms with E-state index < -0.39 is 17.6 Å². The molecule has 3 aromatic rings. The summed E-state index contributed by atoms with van der Waals surface area (Å²) in [4.78, 5) is 12.0. The molecule has 0 saturated heterocycles. The van der Waals surface area contributed by atoms with Gasteiger partial charge in [-0.05, 0) is 31.2 Å². The molecule has 0 unspecified atom stereocenters. The number of carbonyl (C=O) groups is 1. The van der Waals surface area contributed by atoms with E-state index in [1.54, 1.807) is 0 Å². The molecule has 0 aliphatic heterocycles. The lowest BCUT2D eigenvalue weighted by Gasteiger charge is -2.13. The Balaban J connectivity index is 1.61. The smallest absolute Gasteiger partial charge is 0.411 e. The number of para-hydroxylation sites is 1. The lowest BCUT2D eigenvalue weighted by atomic mass is 10.1. The van der Waals surface area contributed by atoms with Crippen LogP contribution in [-0.4, -0.2) is 21.9 Å². The van der Waals surface area contributed by atoms with Crippen molar-refractivity contribution in [1.82, 2.24) is 10.2 Å². The molecule has 0 aliphatic rings. The molecule has 1 amide bonds. The molecule has 0 aliphatic carbocycles. The molecule has 0 bridgehead atoms. The van der Waals surface area contributed by atoms with Gasteiger partial charge in [-0.25, -0.2) is 0 Å². The fourth-order valence-corrected chi connectivity index (χ4v) is 2.80. The van der Waals surface area contributed by atoms with Crippen molar-refractivity contribution in [1.29, 1.82) is 0 Å². The molecule has 3 rings (SSSR count). The number of hydrogen-bond donors (Lipinski definition) is 1. The van der Waals surface area contributed by atoms with Crippen LogP contribution in [0.15, 0.2) is 58.2 Å². The topological polar surface area (TPSA) is 68.0 Å². The van der Waals surface area contributed by atoms with Crippen LogP contribution in [0.25, 0.3) is 11.5 Å². The normalized spacial score (nSPS) is 11.4. The maximum absolute atomic E-state index is 12.9. The number of carbonyl (C=O) groups excluding carboxylic acids is 1. The summed E-state index contributed by atoms with van der Waals surface area (Å²) < 4.78 is 44.3. The second kappa shape index (κ2) is 7.83. The number of hydrogen-bond acceptors (Lipinski definition) is 5. The summed E-state index contributed by atoms with van der Waals surface area (Å²) in [7, 11) is 0. The number of nitrogens with one attached hydrogen (secondary N) is 1. The highest BCUT2D eigenvalue weighted by Crippen LogP contribution is 2.34. The third kappa shape index (κ3) is 4.88. The van der Waals surface area contributed by atoms with Crippen LogP contribution in [-0.2, 0) is 11.0 Å². The van der Waals surface area contributed by atoms with Crippen molar-refractivity contribution in [2.45, 2.75) is 18.3 Å².